The molecule has 0 spiro atoms. The highest BCUT2D eigenvalue weighted by Crippen LogP contribution is 2.32. The number of H-pyrrole nitrogens is 1. The van der Waals surface area contributed by atoms with E-state index in [1.54, 1.807) is 0 Å². The summed E-state index contributed by atoms with van der Waals surface area (Å²) in [4.78, 5) is 14.4. The van der Waals surface area contributed by atoms with E-state index in [9.17, 15) is 5.11 Å². The first-order valence-corrected chi connectivity index (χ1v) is 11.2. The number of aliphatic hydroxyl groups is 1. The van der Waals surface area contributed by atoms with Gasteiger partial charge in [-0.15, -0.1) is 0 Å². The van der Waals surface area contributed by atoms with Crippen LogP contribution < -0.4 is 14.2 Å². The summed E-state index contributed by atoms with van der Waals surface area (Å²) >= 11 is 0. The van der Waals surface area contributed by atoms with Crippen molar-refractivity contribution in [1.82, 2.24) is 19.9 Å². The van der Waals surface area contributed by atoms with Gasteiger partial charge in [-0.2, -0.15) is 9.97 Å². The van der Waals surface area contributed by atoms with Gasteiger partial charge < -0.3 is 29.2 Å². The average molecular weight is 449 g/mol. The number of hydrogen-bond donors (Lipinski definition) is 2. The van der Waals surface area contributed by atoms with Gasteiger partial charge in [-0.1, -0.05) is 0 Å². The average Bonchev–Trinajstić information content (AvgIpc) is 3.45. The van der Waals surface area contributed by atoms with Gasteiger partial charge in [0.15, 0.2) is 0 Å². The Labute approximate surface area is 192 Å². The number of β-amino-alcohol motifs (C(OH)–C–C–N with tert-alkyl or cyclic N) is 1. The van der Waals surface area contributed by atoms with E-state index in [4.69, 9.17) is 14.2 Å². The molecule has 2 aromatic carbocycles. The van der Waals surface area contributed by atoms with Crippen LogP contribution in [0.3, 0.4) is 0 Å². The van der Waals surface area contributed by atoms with Crippen LogP contribution in [0.25, 0.3) is 21.8 Å². The molecule has 8 heteroatoms. The molecule has 1 fully saturated rings. The zero-order valence-corrected chi connectivity index (χ0v) is 18.9. The molecule has 2 aromatic heterocycles. The maximum Gasteiger partial charge on any atom is 0.320 e. The number of likely N-dealkylation sites (tertiary alicyclic amines) is 1. The van der Waals surface area contributed by atoms with Gasteiger partial charge in [0.2, 0.25) is 5.88 Å². The lowest BCUT2D eigenvalue weighted by Crippen LogP contribution is -2.33. The second-order valence-corrected chi connectivity index (χ2v) is 8.47. The van der Waals surface area contributed by atoms with Crippen LogP contribution >= 0.6 is 0 Å². The minimum atomic E-state index is -0.537. The Balaban J connectivity index is 1.36. The number of nitrogens with one attached hydrogen (secondary N) is 1. The fourth-order valence-electron chi connectivity index (χ4n) is 4.26. The number of aromatic amines is 1. The molecule has 1 aliphatic rings. The van der Waals surface area contributed by atoms with Crippen LogP contribution in [0.2, 0.25) is 0 Å². The van der Waals surface area contributed by atoms with E-state index in [0.717, 1.165) is 35.1 Å². The molecular weight excluding hydrogens is 420 g/mol. The van der Waals surface area contributed by atoms with E-state index in [-0.39, 0.29) is 12.6 Å². The van der Waals surface area contributed by atoms with Crippen LogP contribution in [0.1, 0.15) is 18.5 Å². The topological polar surface area (TPSA) is 92.7 Å². The molecular formula is C25H28N4O4. The predicted octanol–water partition coefficient (Wildman–Crippen LogP) is 4.06. The van der Waals surface area contributed by atoms with Crippen LogP contribution in [0.15, 0.2) is 42.5 Å². The van der Waals surface area contributed by atoms with Crippen LogP contribution in [0, 0.1) is 6.92 Å². The molecule has 0 unspecified atom stereocenters. The highest BCUT2D eigenvalue weighted by molar-refractivity contribution is 5.86. The van der Waals surface area contributed by atoms with Gasteiger partial charge in [-0.25, -0.2) is 0 Å². The molecule has 8 nitrogen and oxygen atoms in total. The number of hydrogen-bond acceptors (Lipinski definition) is 7. The number of benzene rings is 2. The molecule has 0 bridgehead atoms. The number of nitrogens with zero attached hydrogens (tertiary/aromatic N) is 3. The van der Waals surface area contributed by atoms with E-state index in [1.807, 2.05) is 43.3 Å². The van der Waals surface area contributed by atoms with Crippen molar-refractivity contribution in [2.45, 2.75) is 25.9 Å². The number of rotatable bonds is 8. The molecule has 1 saturated heterocycles. The molecule has 0 saturated carbocycles. The van der Waals surface area contributed by atoms with Gasteiger partial charge >= 0.3 is 6.01 Å². The SMILES string of the molecule is COc1nc(Oc2ccc3[nH]c(C)cc3c2)c2ccc(OC[C@@H](O)CN3CCCC3)cc2n1. The van der Waals surface area contributed by atoms with Crippen LogP contribution in [-0.2, 0) is 0 Å². The third-order valence-electron chi connectivity index (χ3n) is 5.85. The molecule has 2 N–H and O–H groups in total. The molecule has 0 aliphatic carbocycles. The normalized spacial score (nSPS) is 15.2. The fourth-order valence-corrected chi connectivity index (χ4v) is 4.26. The summed E-state index contributed by atoms with van der Waals surface area (Å²) in [6.45, 7) is 4.97. The first-order valence-electron chi connectivity index (χ1n) is 11.2. The number of methoxy groups -OCH3 is 1. The van der Waals surface area contributed by atoms with E-state index >= 15 is 0 Å². The number of aliphatic hydroxyl groups excluding tert-OH is 1. The lowest BCUT2D eigenvalue weighted by molar-refractivity contribution is 0.0759. The number of ether oxygens (including phenoxy) is 3. The minimum absolute atomic E-state index is 0.210. The Kier molecular flexibility index (Phi) is 6.02. The largest absolute Gasteiger partial charge is 0.491 e. The maximum atomic E-state index is 10.3. The number of fused-ring (bicyclic) bond motifs is 2. The van der Waals surface area contributed by atoms with Gasteiger partial charge in [-0.3, -0.25) is 0 Å². The van der Waals surface area contributed by atoms with Crippen LogP contribution in [0.5, 0.6) is 23.4 Å². The summed E-state index contributed by atoms with van der Waals surface area (Å²) in [5.41, 5.74) is 2.79. The van der Waals surface area contributed by atoms with Gasteiger partial charge in [-0.05, 0) is 69.3 Å². The summed E-state index contributed by atoms with van der Waals surface area (Å²) in [6.07, 6.45) is 1.86. The highest BCUT2D eigenvalue weighted by atomic mass is 16.5. The molecule has 0 amide bonds. The Bertz CT molecular complexity index is 1270. The van der Waals surface area contributed by atoms with E-state index < -0.39 is 6.10 Å². The van der Waals surface area contributed by atoms with Crippen molar-refractivity contribution in [3.63, 3.8) is 0 Å². The number of aryl methyl sites for hydroxylation is 1. The quantitative estimate of drug-likeness (QED) is 0.420. The molecule has 5 rings (SSSR count). The third-order valence-corrected chi connectivity index (χ3v) is 5.85. The molecule has 33 heavy (non-hydrogen) atoms. The molecule has 0 radical (unpaired) electrons. The summed E-state index contributed by atoms with van der Waals surface area (Å²) < 4.78 is 17.3. The smallest absolute Gasteiger partial charge is 0.320 e. The first-order chi connectivity index (χ1) is 16.1. The third kappa shape index (κ3) is 4.86. The molecule has 3 heterocycles. The monoisotopic (exact) mass is 448 g/mol. The van der Waals surface area contributed by atoms with E-state index in [2.05, 4.69) is 25.9 Å². The van der Waals surface area contributed by atoms with Crippen molar-refractivity contribution < 1.29 is 19.3 Å². The van der Waals surface area contributed by atoms with Crippen LogP contribution in [0.4, 0.5) is 0 Å². The first kappa shape index (κ1) is 21.5. The van der Waals surface area contributed by atoms with Crippen molar-refractivity contribution >= 4 is 21.8 Å². The van der Waals surface area contributed by atoms with Gasteiger partial charge in [0.05, 0.1) is 18.0 Å². The van der Waals surface area contributed by atoms with Crippen molar-refractivity contribution in [2.24, 2.45) is 0 Å². The van der Waals surface area contributed by atoms with Crippen molar-refractivity contribution in [1.29, 1.82) is 0 Å². The van der Waals surface area contributed by atoms with Crippen molar-refractivity contribution in [3.8, 4) is 23.4 Å². The van der Waals surface area contributed by atoms with Crippen molar-refractivity contribution in [2.75, 3.05) is 33.4 Å². The predicted molar refractivity (Wildman–Crippen MR) is 126 cm³/mol. The second-order valence-electron chi connectivity index (χ2n) is 8.47. The molecule has 172 valence electrons. The summed E-state index contributed by atoms with van der Waals surface area (Å²) in [7, 11) is 1.52. The summed E-state index contributed by atoms with van der Waals surface area (Å²) in [5, 5.41) is 12.1. The minimum Gasteiger partial charge on any atom is -0.491 e. The van der Waals surface area contributed by atoms with E-state index in [1.165, 1.54) is 20.0 Å². The lowest BCUT2D eigenvalue weighted by atomic mass is 10.2. The highest BCUT2D eigenvalue weighted by Gasteiger charge is 2.17. The Morgan fingerprint density at radius 1 is 1.06 bits per heavy atom. The molecule has 1 aliphatic heterocycles. The van der Waals surface area contributed by atoms with Crippen LogP contribution in [-0.4, -0.2) is 64.4 Å². The maximum absolute atomic E-state index is 10.3. The number of aromatic nitrogens is 3. The standard InChI is InChI=1S/C25H28N4O4/c1-16-11-17-12-20(6-8-22(17)26-16)33-24-21-7-5-19(13-23(21)27-25(28-24)31-2)32-15-18(30)14-29-9-3-4-10-29/h5-8,11-13,18,26,30H,3-4,9-10,14-15H2,1-2H3/t18-/m0/s1. The second kappa shape index (κ2) is 9.25. The lowest BCUT2D eigenvalue weighted by Gasteiger charge is -2.19. The van der Waals surface area contributed by atoms with Gasteiger partial charge in [0.1, 0.15) is 24.2 Å². The van der Waals surface area contributed by atoms with E-state index in [0.29, 0.717) is 29.4 Å². The Morgan fingerprint density at radius 3 is 2.70 bits per heavy atom. The summed E-state index contributed by atoms with van der Waals surface area (Å²) in [5.74, 6) is 1.71. The Morgan fingerprint density at radius 2 is 1.88 bits per heavy atom. The molecule has 4 aromatic rings. The van der Waals surface area contributed by atoms with Gasteiger partial charge in [0.25, 0.3) is 0 Å². The zero-order valence-electron chi connectivity index (χ0n) is 18.9. The summed E-state index contributed by atoms with van der Waals surface area (Å²) in [6, 6.07) is 13.7. The Hall–Kier alpha value is -3.36. The zero-order chi connectivity index (χ0) is 22.8. The van der Waals surface area contributed by atoms with Crippen molar-refractivity contribution in [3.05, 3.63) is 48.2 Å². The van der Waals surface area contributed by atoms with Gasteiger partial charge in [0, 0.05) is 29.2 Å². The molecule has 1 atom stereocenters. The fraction of sp³-hybridized carbons (Fsp3) is 0.360.